The second kappa shape index (κ2) is 7.90. The average Bonchev–Trinajstić information content (AvgIpc) is 2.48. The number of nitrogens with one attached hydrogen (secondary N) is 2. The zero-order valence-electron chi connectivity index (χ0n) is 11.6. The van der Waals surface area contributed by atoms with Crippen LogP contribution in [-0.4, -0.2) is 16.8 Å². The number of carbonyl (C=O) groups is 1. The molecule has 0 radical (unpaired) electrons. The van der Waals surface area contributed by atoms with Crippen LogP contribution in [0, 0.1) is 0 Å². The molecule has 0 saturated heterocycles. The zero-order chi connectivity index (χ0) is 15.1. The molecule has 0 aliphatic carbocycles. The lowest BCUT2D eigenvalue weighted by Crippen LogP contribution is -2.28. The van der Waals surface area contributed by atoms with E-state index in [4.69, 9.17) is 11.6 Å². The Balaban J connectivity index is 1.84. The zero-order valence-corrected chi connectivity index (χ0v) is 13.2. The minimum Gasteiger partial charge on any atom is -0.334 e. The van der Waals surface area contributed by atoms with Crippen molar-refractivity contribution in [3.8, 4) is 0 Å². The van der Waals surface area contributed by atoms with Gasteiger partial charge in [0.2, 0.25) is 0 Å². The maximum Gasteiger partial charge on any atom is 0.319 e. The molecular weight excluding hydrogens is 306 g/mol. The number of carbonyl (C=O) groups excluding carboxylic acids is 1. The summed E-state index contributed by atoms with van der Waals surface area (Å²) in [6, 6.07) is 10.8. The van der Waals surface area contributed by atoms with Crippen LogP contribution in [0.2, 0.25) is 5.02 Å². The summed E-state index contributed by atoms with van der Waals surface area (Å²) in [5.74, 6) is 0.972. The van der Waals surface area contributed by atoms with Gasteiger partial charge in [0, 0.05) is 11.6 Å². The summed E-state index contributed by atoms with van der Waals surface area (Å²) in [6.45, 7) is 2.49. The van der Waals surface area contributed by atoms with Gasteiger partial charge in [0.25, 0.3) is 0 Å². The Bertz CT molecular complexity index is 604. The molecule has 0 aliphatic rings. The van der Waals surface area contributed by atoms with E-state index in [0.29, 0.717) is 17.3 Å². The smallest absolute Gasteiger partial charge is 0.319 e. The first kappa shape index (κ1) is 15.7. The Labute approximate surface area is 133 Å². The lowest BCUT2D eigenvalue weighted by molar-refractivity contribution is 0.251. The van der Waals surface area contributed by atoms with Gasteiger partial charge in [-0.05, 0) is 35.6 Å². The van der Waals surface area contributed by atoms with Gasteiger partial charge in [0.05, 0.1) is 16.9 Å². The van der Waals surface area contributed by atoms with E-state index in [9.17, 15) is 4.79 Å². The van der Waals surface area contributed by atoms with Gasteiger partial charge in [-0.15, -0.1) is 11.8 Å². The van der Waals surface area contributed by atoms with Crippen molar-refractivity contribution in [2.24, 2.45) is 0 Å². The molecule has 1 heterocycles. The fourth-order valence-electron chi connectivity index (χ4n) is 1.69. The van der Waals surface area contributed by atoms with Gasteiger partial charge >= 0.3 is 6.03 Å². The number of hydrogen-bond acceptors (Lipinski definition) is 3. The van der Waals surface area contributed by atoms with Crippen molar-refractivity contribution in [1.82, 2.24) is 10.3 Å². The third-order valence-electron chi connectivity index (χ3n) is 2.63. The Morgan fingerprint density at radius 1 is 1.33 bits per heavy atom. The number of pyridine rings is 1. The van der Waals surface area contributed by atoms with E-state index in [1.54, 1.807) is 24.0 Å². The SMILES string of the molecule is CCSc1ccc(NC(=O)NCc2cccc(Cl)c2)cn1. The summed E-state index contributed by atoms with van der Waals surface area (Å²) < 4.78 is 0. The topological polar surface area (TPSA) is 54.0 Å². The van der Waals surface area contributed by atoms with Crippen molar-refractivity contribution in [2.75, 3.05) is 11.1 Å². The number of anilines is 1. The van der Waals surface area contributed by atoms with Crippen LogP contribution in [0.5, 0.6) is 0 Å². The first-order valence-electron chi connectivity index (χ1n) is 6.55. The van der Waals surface area contributed by atoms with E-state index < -0.39 is 0 Å². The number of amides is 2. The maximum atomic E-state index is 11.8. The Kier molecular flexibility index (Phi) is 5.90. The summed E-state index contributed by atoms with van der Waals surface area (Å²) in [5, 5.41) is 7.12. The third-order valence-corrected chi connectivity index (χ3v) is 3.69. The largest absolute Gasteiger partial charge is 0.334 e. The minimum absolute atomic E-state index is 0.271. The van der Waals surface area contributed by atoms with Crippen LogP contribution in [0.15, 0.2) is 47.6 Å². The van der Waals surface area contributed by atoms with E-state index in [2.05, 4.69) is 22.5 Å². The maximum absolute atomic E-state index is 11.8. The van der Waals surface area contributed by atoms with E-state index in [1.807, 2.05) is 30.3 Å². The van der Waals surface area contributed by atoms with Crippen molar-refractivity contribution in [3.63, 3.8) is 0 Å². The summed E-state index contributed by atoms with van der Waals surface area (Å²) in [4.78, 5) is 16.0. The van der Waals surface area contributed by atoms with E-state index in [0.717, 1.165) is 16.3 Å². The Morgan fingerprint density at radius 3 is 2.86 bits per heavy atom. The highest BCUT2D eigenvalue weighted by Gasteiger charge is 2.03. The van der Waals surface area contributed by atoms with Crippen molar-refractivity contribution in [1.29, 1.82) is 0 Å². The summed E-state index contributed by atoms with van der Waals surface area (Å²) >= 11 is 7.55. The van der Waals surface area contributed by atoms with Crippen LogP contribution >= 0.6 is 23.4 Å². The molecule has 1 aromatic carbocycles. The Morgan fingerprint density at radius 2 is 2.19 bits per heavy atom. The number of benzene rings is 1. The van der Waals surface area contributed by atoms with Crippen LogP contribution in [0.3, 0.4) is 0 Å². The number of rotatable bonds is 5. The molecule has 2 amide bonds. The van der Waals surface area contributed by atoms with E-state index in [1.165, 1.54) is 0 Å². The first-order valence-corrected chi connectivity index (χ1v) is 7.92. The first-order chi connectivity index (χ1) is 10.2. The van der Waals surface area contributed by atoms with E-state index in [-0.39, 0.29) is 6.03 Å². The minimum atomic E-state index is -0.271. The molecule has 0 aliphatic heterocycles. The fraction of sp³-hybridized carbons (Fsp3) is 0.200. The van der Waals surface area contributed by atoms with Crippen molar-refractivity contribution < 1.29 is 4.79 Å². The average molecular weight is 322 g/mol. The molecule has 0 bridgehead atoms. The molecule has 1 aromatic heterocycles. The number of aromatic nitrogens is 1. The molecule has 0 saturated carbocycles. The van der Waals surface area contributed by atoms with Crippen molar-refractivity contribution in [2.45, 2.75) is 18.5 Å². The van der Waals surface area contributed by atoms with Gasteiger partial charge in [-0.3, -0.25) is 0 Å². The van der Waals surface area contributed by atoms with Crippen LogP contribution in [0.25, 0.3) is 0 Å². The molecule has 0 fully saturated rings. The molecule has 2 aromatic rings. The summed E-state index contributed by atoms with van der Waals surface area (Å²) in [7, 11) is 0. The van der Waals surface area contributed by atoms with Gasteiger partial charge in [-0.1, -0.05) is 30.7 Å². The molecule has 0 atom stereocenters. The van der Waals surface area contributed by atoms with Crippen LogP contribution < -0.4 is 10.6 Å². The second-order valence-electron chi connectivity index (χ2n) is 4.26. The third kappa shape index (κ3) is 5.28. The number of nitrogens with zero attached hydrogens (tertiary/aromatic N) is 1. The number of thioether (sulfide) groups is 1. The van der Waals surface area contributed by atoms with E-state index >= 15 is 0 Å². The Hall–Kier alpha value is -1.72. The van der Waals surface area contributed by atoms with Gasteiger partial charge < -0.3 is 10.6 Å². The molecule has 21 heavy (non-hydrogen) atoms. The van der Waals surface area contributed by atoms with Gasteiger partial charge in [0.15, 0.2) is 0 Å². The highest BCUT2D eigenvalue weighted by Crippen LogP contribution is 2.16. The van der Waals surface area contributed by atoms with Crippen LogP contribution in [-0.2, 0) is 6.54 Å². The molecule has 2 rings (SSSR count). The monoisotopic (exact) mass is 321 g/mol. The fourth-order valence-corrected chi connectivity index (χ4v) is 2.49. The summed E-state index contributed by atoms with van der Waals surface area (Å²) in [6.07, 6.45) is 1.65. The van der Waals surface area contributed by atoms with Crippen molar-refractivity contribution >= 4 is 35.1 Å². The normalized spacial score (nSPS) is 10.2. The molecular formula is C15H16ClN3OS. The molecule has 0 unspecified atom stereocenters. The lowest BCUT2D eigenvalue weighted by Gasteiger charge is -2.08. The molecule has 4 nitrogen and oxygen atoms in total. The number of urea groups is 1. The van der Waals surface area contributed by atoms with Gasteiger partial charge in [-0.25, -0.2) is 9.78 Å². The van der Waals surface area contributed by atoms with Crippen molar-refractivity contribution in [3.05, 3.63) is 53.2 Å². The molecule has 6 heteroatoms. The standard InChI is InChI=1S/C15H16ClN3OS/c1-2-21-14-7-6-13(10-17-14)19-15(20)18-9-11-4-3-5-12(16)8-11/h3-8,10H,2,9H2,1H3,(H2,18,19,20). The number of halogens is 1. The predicted molar refractivity (Wildman–Crippen MR) is 87.9 cm³/mol. The lowest BCUT2D eigenvalue weighted by atomic mass is 10.2. The van der Waals surface area contributed by atoms with Crippen LogP contribution in [0.4, 0.5) is 10.5 Å². The highest BCUT2D eigenvalue weighted by molar-refractivity contribution is 7.99. The molecule has 0 spiro atoms. The quantitative estimate of drug-likeness (QED) is 0.813. The van der Waals surface area contributed by atoms with Gasteiger partial charge in [0.1, 0.15) is 0 Å². The van der Waals surface area contributed by atoms with Gasteiger partial charge in [-0.2, -0.15) is 0 Å². The molecule has 2 N–H and O–H groups in total. The van der Waals surface area contributed by atoms with Crippen LogP contribution in [0.1, 0.15) is 12.5 Å². The highest BCUT2D eigenvalue weighted by atomic mass is 35.5. The number of hydrogen-bond donors (Lipinski definition) is 2. The second-order valence-corrected chi connectivity index (χ2v) is 5.98. The molecule has 110 valence electrons. The summed E-state index contributed by atoms with van der Waals surface area (Å²) in [5.41, 5.74) is 1.62. The predicted octanol–water partition coefficient (Wildman–Crippen LogP) is 4.17.